The van der Waals surface area contributed by atoms with Gasteiger partial charge in [0.2, 0.25) is 5.91 Å². The van der Waals surface area contributed by atoms with Crippen LogP contribution in [-0.4, -0.2) is 32.6 Å². The van der Waals surface area contributed by atoms with E-state index in [0.29, 0.717) is 29.4 Å². The van der Waals surface area contributed by atoms with E-state index in [2.05, 4.69) is 10.6 Å². The Labute approximate surface area is 152 Å². The highest BCUT2D eigenvalue weighted by atomic mass is 16.5. The average molecular weight is 354 g/mol. The first-order valence-corrected chi connectivity index (χ1v) is 8.20. The van der Waals surface area contributed by atoms with E-state index in [4.69, 9.17) is 9.47 Å². The first kappa shape index (κ1) is 19.1. The lowest BCUT2D eigenvalue weighted by molar-refractivity contribution is -0.111. The van der Waals surface area contributed by atoms with Crippen LogP contribution in [-0.2, 0) is 4.79 Å². The Kier molecular flexibility index (Phi) is 6.79. The zero-order valence-electron chi connectivity index (χ0n) is 15.0. The maximum absolute atomic E-state index is 12.2. The number of hydrogen-bond donors (Lipinski definition) is 2. The topological polar surface area (TPSA) is 76.7 Å². The van der Waals surface area contributed by atoms with Crippen LogP contribution in [0, 0.1) is 0 Å². The van der Waals surface area contributed by atoms with Crippen molar-refractivity contribution in [1.82, 2.24) is 5.32 Å². The molecule has 2 aromatic carbocycles. The number of anilines is 1. The van der Waals surface area contributed by atoms with Gasteiger partial charge < -0.3 is 20.1 Å². The summed E-state index contributed by atoms with van der Waals surface area (Å²) in [7, 11) is 3.12. The van der Waals surface area contributed by atoms with Crippen LogP contribution >= 0.6 is 0 Å². The molecule has 26 heavy (non-hydrogen) atoms. The van der Waals surface area contributed by atoms with E-state index in [-0.39, 0.29) is 11.8 Å². The first-order chi connectivity index (χ1) is 12.6. The molecule has 2 aromatic rings. The van der Waals surface area contributed by atoms with Crippen molar-refractivity contribution in [3.05, 3.63) is 59.7 Å². The van der Waals surface area contributed by atoms with Crippen LogP contribution in [0.3, 0.4) is 0 Å². The number of methoxy groups -OCH3 is 1. The van der Waals surface area contributed by atoms with Crippen molar-refractivity contribution in [2.24, 2.45) is 0 Å². The number of nitrogens with one attached hydrogen (secondary N) is 2. The van der Waals surface area contributed by atoms with Gasteiger partial charge in [0, 0.05) is 13.1 Å². The van der Waals surface area contributed by atoms with E-state index in [1.165, 1.54) is 6.08 Å². The van der Waals surface area contributed by atoms with Gasteiger partial charge in [0.15, 0.2) is 11.5 Å². The molecule has 0 aliphatic rings. The summed E-state index contributed by atoms with van der Waals surface area (Å²) in [6.45, 7) is 2.40. The molecule has 0 aliphatic heterocycles. The Morgan fingerprint density at radius 2 is 1.88 bits per heavy atom. The van der Waals surface area contributed by atoms with Crippen molar-refractivity contribution in [3.8, 4) is 11.5 Å². The highest BCUT2D eigenvalue weighted by molar-refractivity contribution is 6.07. The molecule has 0 aromatic heterocycles. The number of ether oxygens (including phenoxy) is 2. The maximum atomic E-state index is 12.2. The molecule has 0 spiro atoms. The molecule has 0 bridgehead atoms. The summed E-state index contributed by atoms with van der Waals surface area (Å²) in [5, 5.41) is 5.26. The van der Waals surface area contributed by atoms with E-state index in [0.717, 1.165) is 5.56 Å². The number of amides is 2. The molecule has 2 N–H and O–H groups in total. The van der Waals surface area contributed by atoms with E-state index < -0.39 is 0 Å². The number of rotatable bonds is 7. The Morgan fingerprint density at radius 1 is 1.12 bits per heavy atom. The fraction of sp³-hybridized carbons (Fsp3) is 0.200. The van der Waals surface area contributed by atoms with Crippen LogP contribution in [0.5, 0.6) is 11.5 Å². The van der Waals surface area contributed by atoms with Crippen molar-refractivity contribution in [2.45, 2.75) is 6.92 Å². The van der Waals surface area contributed by atoms with E-state index in [9.17, 15) is 9.59 Å². The quantitative estimate of drug-likeness (QED) is 0.749. The molecule has 6 nitrogen and oxygen atoms in total. The Balaban J connectivity index is 2.13. The molecule has 0 saturated heterocycles. The number of para-hydroxylation sites is 1. The average Bonchev–Trinajstić information content (AvgIpc) is 2.66. The van der Waals surface area contributed by atoms with E-state index in [1.54, 1.807) is 56.6 Å². The summed E-state index contributed by atoms with van der Waals surface area (Å²) in [6.07, 6.45) is 3.07. The minimum atomic E-state index is -0.338. The number of carbonyl (C=O) groups is 2. The Hall–Kier alpha value is -3.28. The summed E-state index contributed by atoms with van der Waals surface area (Å²) in [5.41, 5.74) is 1.65. The Morgan fingerprint density at radius 3 is 2.58 bits per heavy atom. The minimum Gasteiger partial charge on any atom is -0.493 e. The van der Waals surface area contributed by atoms with Crippen LogP contribution < -0.4 is 20.1 Å². The normalized spacial score (nSPS) is 10.4. The molecule has 0 saturated carbocycles. The van der Waals surface area contributed by atoms with Gasteiger partial charge >= 0.3 is 0 Å². The predicted octanol–water partition coefficient (Wildman–Crippen LogP) is 3.11. The van der Waals surface area contributed by atoms with Gasteiger partial charge in [-0.1, -0.05) is 18.2 Å². The molecule has 0 aliphatic carbocycles. The van der Waals surface area contributed by atoms with E-state index in [1.807, 2.05) is 13.0 Å². The fourth-order valence-electron chi connectivity index (χ4n) is 2.34. The van der Waals surface area contributed by atoms with Gasteiger partial charge in [0.25, 0.3) is 5.91 Å². The molecule has 0 atom stereocenters. The van der Waals surface area contributed by atoms with Crippen molar-refractivity contribution < 1.29 is 19.1 Å². The van der Waals surface area contributed by atoms with Gasteiger partial charge in [-0.15, -0.1) is 0 Å². The summed E-state index contributed by atoms with van der Waals surface area (Å²) < 4.78 is 10.8. The third-order valence-corrected chi connectivity index (χ3v) is 3.57. The molecular weight excluding hydrogens is 332 g/mol. The zero-order valence-corrected chi connectivity index (χ0v) is 15.0. The molecule has 2 rings (SSSR count). The van der Waals surface area contributed by atoms with Crippen LogP contribution in [0.15, 0.2) is 48.5 Å². The monoisotopic (exact) mass is 354 g/mol. The molecular formula is C20H22N2O4. The minimum absolute atomic E-state index is 0.263. The summed E-state index contributed by atoms with van der Waals surface area (Å²) in [5.74, 6) is 0.645. The first-order valence-electron chi connectivity index (χ1n) is 8.20. The standard InChI is InChI=1S/C20H22N2O4/c1-4-26-18-13-14(9-11-17(18)25-3)10-12-19(23)22-16-8-6-5-7-15(16)20(24)21-2/h5-13H,4H2,1-3H3,(H,21,24)(H,22,23)/b12-10+. The lowest BCUT2D eigenvalue weighted by atomic mass is 10.1. The lowest BCUT2D eigenvalue weighted by Gasteiger charge is -2.10. The third kappa shape index (κ3) is 4.86. The maximum Gasteiger partial charge on any atom is 0.253 e. The number of benzene rings is 2. The summed E-state index contributed by atoms with van der Waals surface area (Å²) in [6, 6.07) is 12.2. The van der Waals surface area contributed by atoms with Crippen LogP contribution in [0.4, 0.5) is 5.69 Å². The molecule has 136 valence electrons. The number of carbonyl (C=O) groups excluding carboxylic acids is 2. The van der Waals surface area contributed by atoms with Crippen molar-refractivity contribution in [2.75, 3.05) is 26.1 Å². The largest absolute Gasteiger partial charge is 0.493 e. The fourth-order valence-corrected chi connectivity index (χ4v) is 2.34. The second kappa shape index (κ2) is 9.27. The van der Waals surface area contributed by atoms with Crippen LogP contribution in [0.2, 0.25) is 0 Å². The van der Waals surface area contributed by atoms with Gasteiger partial charge in [-0.2, -0.15) is 0 Å². The summed E-state index contributed by atoms with van der Waals surface area (Å²) in [4.78, 5) is 24.0. The Bertz CT molecular complexity index is 815. The van der Waals surface area contributed by atoms with Crippen molar-refractivity contribution >= 4 is 23.6 Å². The molecule has 0 radical (unpaired) electrons. The second-order valence-corrected chi connectivity index (χ2v) is 5.29. The van der Waals surface area contributed by atoms with Crippen molar-refractivity contribution in [3.63, 3.8) is 0 Å². The lowest BCUT2D eigenvalue weighted by Crippen LogP contribution is -2.20. The third-order valence-electron chi connectivity index (χ3n) is 3.57. The van der Waals surface area contributed by atoms with Gasteiger partial charge in [0.1, 0.15) is 0 Å². The molecule has 6 heteroatoms. The highest BCUT2D eigenvalue weighted by Gasteiger charge is 2.10. The van der Waals surface area contributed by atoms with Gasteiger partial charge in [-0.25, -0.2) is 0 Å². The second-order valence-electron chi connectivity index (χ2n) is 5.29. The van der Waals surface area contributed by atoms with Gasteiger partial charge in [-0.3, -0.25) is 9.59 Å². The molecule has 0 heterocycles. The highest BCUT2D eigenvalue weighted by Crippen LogP contribution is 2.28. The van der Waals surface area contributed by atoms with Gasteiger partial charge in [0.05, 0.1) is 25.0 Å². The van der Waals surface area contributed by atoms with E-state index >= 15 is 0 Å². The van der Waals surface area contributed by atoms with Crippen molar-refractivity contribution in [1.29, 1.82) is 0 Å². The predicted molar refractivity (Wildman–Crippen MR) is 102 cm³/mol. The van der Waals surface area contributed by atoms with Gasteiger partial charge in [-0.05, 0) is 42.8 Å². The van der Waals surface area contributed by atoms with Crippen LogP contribution in [0.25, 0.3) is 6.08 Å². The SMILES string of the molecule is CCOc1cc(/C=C/C(=O)Nc2ccccc2C(=O)NC)ccc1OC. The zero-order chi connectivity index (χ0) is 18.9. The molecule has 0 fully saturated rings. The number of hydrogen-bond acceptors (Lipinski definition) is 4. The molecule has 2 amide bonds. The smallest absolute Gasteiger partial charge is 0.253 e. The van der Waals surface area contributed by atoms with Crippen LogP contribution in [0.1, 0.15) is 22.8 Å². The molecule has 0 unspecified atom stereocenters. The summed E-state index contributed by atoms with van der Waals surface area (Å²) >= 11 is 0.